The van der Waals surface area contributed by atoms with Gasteiger partial charge in [0.2, 0.25) is 22.9 Å². The Bertz CT molecular complexity index is 1920. The quantitative estimate of drug-likeness (QED) is 0.220. The van der Waals surface area contributed by atoms with Crippen molar-refractivity contribution in [3.05, 3.63) is 53.9 Å². The van der Waals surface area contributed by atoms with E-state index in [2.05, 4.69) is 15.5 Å². The monoisotopic (exact) mass is 734 g/mol. The summed E-state index contributed by atoms with van der Waals surface area (Å²) in [5.74, 6) is 0.356. The van der Waals surface area contributed by atoms with Gasteiger partial charge in [-0.2, -0.15) is 4.98 Å². The number of nitrogens with one attached hydrogen (secondary N) is 1. The van der Waals surface area contributed by atoms with Crippen molar-refractivity contribution in [1.82, 2.24) is 30.0 Å². The zero-order valence-electron chi connectivity index (χ0n) is 28.7. The lowest BCUT2D eigenvalue weighted by Crippen LogP contribution is -2.49. The molecule has 2 saturated heterocycles. The highest BCUT2D eigenvalue weighted by Crippen LogP contribution is 2.36. The van der Waals surface area contributed by atoms with Crippen molar-refractivity contribution in [2.24, 2.45) is 5.92 Å². The normalized spacial score (nSPS) is 16.6. The maximum Gasteiger partial charge on any atom is 0.311 e. The molecule has 17 heteroatoms. The number of amides is 3. The standard InChI is InChI=1S/C34H38N8O7S2/c1-20(19-51-32(46)21-9-6-5-7-10-21)30(44)42-12-8-11-24(42)28(43)36-27-22-17-25(47-2)26(48-3)18-23(22)35-33(37-27)41-15-13-40(14-16-41)31(45)29-38-39-34(49-29)50-4/h5-7,9-10,17-18,20,24H,8,11-16,19H2,1-4H3,(H,35,36,37,43)/t20?,24-/m0/s1. The summed E-state index contributed by atoms with van der Waals surface area (Å²) in [4.78, 5) is 67.9. The molecule has 4 aromatic rings. The largest absolute Gasteiger partial charge is 0.493 e. The number of methoxy groups -OCH3 is 2. The Morgan fingerprint density at radius 2 is 1.71 bits per heavy atom. The second kappa shape index (κ2) is 16.0. The summed E-state index contributed by atoms with van der Waals surface area (Å²) in [5, 5.41) is 11.4. The van der Waals surface area contributed by atoms with E-state index in [4.69, 9.17) is 23.9 Å². The van der Waals surface area contributed by atoms with Gasteiger partial charge < -0.3 is 33.9 Å². The minimum Gasteiger partial charge on any atom is -0.493 e. The zero-order valence-corrected chi connectivity index (χ0v) is 30.3. The van der Waals surface area contributed by atoms with Crippen LogP contribution in [-0.2, 0) is 9.59 Å². The Morgan fingerprint density at radius 1 is 0.980 bits per heavy atom. The lowest BCUT2D eigenvalue weighted by Gasteiger charge is -2.34. The first-order valence-electron chi connectivity index (χ1n) is 16.4. The molecule has 1 N–H and O–H groups in total. The Labute approximate surface area is 302 Å². The third-order valence-corrected chi connectivity index (χ3v) is 10.5. The Morgan fingerprint density at radius 3 is 2.39 bits per heavy atom. The fourth-order valence-electron chi connectivity index (χ4n) is 6.02. The highest BCUT2D eigenvalue weighted by Gasteiger charge is 2.37. The topological polar surface area (TPSA) is 173 Å². The molecule has 2 aliphatic rings. The number of benzene rings is 2. The third kappa shape index (κ3) is 7.88. The summed E-state index contributed by atoms with van der Waals surface area (Å²) < 4.78 is 16.5. The second-order valence-corrected chi connectivity index (χ2v) is 13.7. The van der Waals surface area contributed by atoms with Gasteiger partial charge in [0.25, 0.3) is 5.22 Å². The molecule has 51 heavy (non-hydrogen) atoms. The van der Waals surface area contributed by atoms with Gasteiger partial charge in [-0.25, -0.2) is 4.98 Å². The highest BCUT2D eigenvalue weighted by molar-refractivity contribution is 8.14. The number of piperazine rings is 1. The molecule has 0 bridgehead atoms. The molecule has 2 fully saturated rings. The molecule has 4 heterocycles. The van der Waals surface area contributed by atoms with Crippen LogP contribution < -0.4 is 19.7 Å². The number of thioether (sulfide) groups is 2. The number of hydrogen-bond acceptors (Lipinski definition) is 14. The van der Waals surface area contributed by atoms with Gasteiger partial charge >= 0.3 is 11.8 Å². The molecule has 15 nitrogen and oxygen atoms in total. The van der Waals surface area contributed by atoms with Crippen molar-refractivity contribution in [2.45, 2.75) is 31.0 Å². The molecular weight excluding hydrogens is 697 g/mol. The van der Waals surface area contributed by atoms with Gasteiger partial charge in [-0.3, -0.25) is 19.2 Å². The fraction of sp³-hybridized carbons (Fsp3) is 0.412. The summed E-state index contributed by atoms with van der Waals surface area (Å²) in [6.45, 7) is 3.75. The van der Waals surface area contributed by atoms with Gasteiger partial charge in [-0.05, 0) is 25.2 Å². The van der Waals surface area contributed by atoms with Crippen molar-refractivity contribution in [2.75, 3.05) is 69.2 Å². The van der Waals surface area contributed by atoms with Gasteiger partial charge in [-0.1, -0.05) is 60.8 Å². The number of likely N-dealkylation sites (tertiary alicyclic amines) is 1. The Balaban J connectivity index is 1.19. The van der Waals surface area contributed by atoms with Gasteiger partial charge in [0, 0.05) is 61.4 Å². The van der Waals surface area contributed by atoms with Crippen LogP contribution >= 0.6 is 23.5 Å². The van der Waals surface area contributed by atoms with Crippen molar-refractivity contribution in [1.29, 1.82) is 0 Å². The van der Waals surface area contributed by atoms with Crippen LogP contribution in [0.5, 0.6) is 11.5 Å². The van der Waals surface area contributed by atoms with E-state index >= 15 is 0 Å². The van der Waals surface area contributed by atoms with Gasteiger partial charge in [-0.15, -0.1) is 10.2 Å². The number of hydrogen-bond donors (Lipinski definition) is 1. The molecule has 0 saturated carbocycles. The summed E-state index contributed by atoms with van der Waals surface area (Å²) in [7, 11) is 3.04. The Hall–Kier alpha value is -4.90. The van der Waals surface area contributed by atoms with Crippen LogP contribution in [0.15, 0.2) is 52.1 Å². The number of fused-ring (bicyclic) bond motifs is 1. The SMILES string of the molecule is COc1cc2nc(N3CCN(C(=O)c4nnc(SC)o4)CC3)nc(NC(=O)[C@@H]3CCCN3C(=O)C(C)CSC(=O)c3ccccc3)c2cc1OC. The van der Waals surface area contributed by atoms with Crippen LogP contribution in [0.2, 0.25) is 0 Å². The van der Waals surface area contributed by atoms with Crippen LogP contribution in [0.3, 0.4) is 0 Å². The van der Waals surface area contributed by atoms with E-state index in [1.165, 1.54) is 26.0 Å². The van der Waals surface area contributed by atoms with Crippen LogP contribution in [0, 0.1) is 5.92 Å². The van der Waals surface area contributed by atoms with Crippen LogP contribution in [-0.4, -0.2) is 118 Å². The first-order chi connectivity index (χ1) is 24.7. The van der Waals surface area contributed by atoms with Gasteiger partial charge in [0.05, 0.1) is 19.7 Å². The predicted octanol–water partition coefficient (Wildman–Crippen LogP) is 3.85. The summed E-state index contributed by atoms with van der Waals surface area (Å²) in [5.41, 5.74) is 1.09. The summed E-state index contributed by atoms with van der Waals surface area (Å²) >= 11 is 2.36. The molecule has 3 amide bonds. The molecule has 2 aromatic carbocycles. The van der Waals surface area contributed by atoms with E-state index < -0.39 is 12.0 Å². The minimum absolute atomic E-state index is 0.0611. The van der Waals surface area contributed by atoms with Gasteiger partial charge in [0.15, 0.2) is 11.5 Å². The average molecular weight is 735 g/mol. The molecule has 2 atom stereocenters. The van der Waals surface area contributed by atoms with E-state index in [-0.39, 0.29) is 34.5 Å². The maximum atomic E-state index is 13.9. The maximum absolute atomic E-state index is 13.9. The first-order valence-corrected chi connectivity index (χ1v) is 18.6. The third-order valence-electron chi connectivity index (χ3n) is 8.78. The van der Waals surface area contributed by atoms with Crippen molar-refractivity contribution in [3.8, 4) is 11.5 Å². The molecule has 2 aliphatic heterocycles. The van der Waals surface area contributed by atoms with Crippen molar-refractivity contribution >= 4 is 69.0 Å². The van der Waals surface area contributed by atoms with E-state index in [9.17, 15) is 19.2 Å². The van der Waals surface area contributed by atoms with E-state index in [0.29, 0.717) is 90.5 Å². The second-order valence-electron chi connectivity index (χ2n) is 12.0. The number of nitrogens with zero attached hydrogens (tertiary/aromatic N) is 7. The van der Waals surface area contributed by atoms with Gasteiger partial charge in [0.1, 0.15) is 11.9 Å². The summed E-state index contributed by atoms with van der Waals surface area (Å²) in [6, 6.07) is 11.6. The van der Waals surface area contributed by atoms with Crippen LogP contribution in [0.25, 0.3) is 10.9 Å². The number of rotatable bonds is 11. The number of ether oxygens (including phenoxy) is 2. The summed E-state index contributed by atoms with van der Waals surface area (Å²) in [6.07, 6.45) is 2.94. The van der Waals surface area contributed by atoms with E-state index in [1.807, 2.05) is 11.0 Å². The molecule has 0 spiro atoms. The zero-order chi connectivity index (χ0) is 36.1. The molecule has 0 aliphatic carbocycles. The molecule has 6 rings (SSSR count). The molecule has 0 radical (unpaired) electrons. The molecule has 2 aromatic heterocycles. The lowest BCUT2D eigenvalue weighted by molar-refractivity contribution is -0.139. The first kappa shape index (κ1) is 35.9. The lowest BCUT2D eigenvalue weighted by atomic mass is 10.1. The number of carbonyl (C=O) groups is 4. The van der Waals surface area contributed by atoms with E-state index in [1.54, 1.807) is 59.4 Å². The molecule has 1 unspecified atom stereocenters. The molecule has 268 valence electrons. The highest BCUT2D eigenvalue weighted by atomic mass is 32.2. The number of anilines is 2. The smallest absolute Gasteiger partial charge is 0.311 e. The minimum atomic E-state index is -0.714. The van der Waals surface area contributed by atoms with Crippen molar-refractivity contribution < 1.29 is 33.1 Å². The van der Waals surface area contributed by atoms with E-state index in [0.717, 1.165) is 11.8 Å². The fourth-order valence-corrected chi connectivity index (χ4v) is 7.15. The predicted molar refractivity (Wildman–Crippen MR) is 193 cm³/mol. The average Bonchev–Trinajstić information content (AvgIpc) is 3.87. The Kier molecular flexibility index (Phi) is 11.2. The van der Waals surface area contributed by atoms with Crippen LogP contribution in [0.4, 0.5) is 11.8 Å². The molecular formula is C34H38N8O7S2. The van der Waals surface area contributed by atoms with Crippen LogP contribution in [0.1, 0.15) is 40.8 Å². The van der Waals surface area contributed by atoms with Crippen molar-refractivity contribution in [3.63, 3.8) is 0 Å². The number of carbonyl (C=O) groups excluding carboxylic acids is 4. The number of aromatic nitrogens is 4.